The van der Waals surface area contributed by atoms with Crippen molar-refractivity contribution in [3.8, 4) is 0 Å². The molecule has 0 aliphatic carbocycles. The highest BCUT2D eigenvalue weighted by Gasteiger charge is 2.11. The lowest BCUT2D eigenvalue weighted by Crippen LogP contribution is -2.02. The molecule has 0 aromatic heterocycles. The summed E-state index contributed by atoms with van der Waals surface area (Å²) in [4.78, 5) is 2.90. The topological polar surface area (TPSA) is 0 Å². The zero-order chi connectivity index (χ0) is 15.4. The van der Waals surface area contributed by atoms with Crippen LogP contribution in [0.15, 0.2) is 46.2 Å². The molecule has 0 amide bonds. The molecule has 0 aliphatic rings. The Morgan fingerprint density at radius 1 is 0.762 bits per heavy atom. The summed E-state index contributed by atoms with van der Waals surface area (Å²) >= 11 is 4.00. The van der Waals surface area contributed by atoms with Gasteiger partial charge in [-0.05, 0) is 49.9 Å². The molecule has 0 heterocycles. The first-order valence-corrected chi connectivity index (χ1v) is 9.27. The second-order valence-electron chi connectivity index (χ2n) is 5.68. The maximum atomic E-state index is 2.33. The smallest absolute Gasteiger partial charge is 0.0160 e. The van der Waals surface area contributed by atoms with Crippen LogP contribution in [0.2, 0.25) is 0 Å². The molecule has 0 spiro atoms. The van der Waals surface area contributed by atoms with E-state index in [1.165, 1.54) is 32.0 Å². The second-order valence-corrected chi connectivity index (χ2v) is 8.16. The molecule has 0 aliphatic heterocycles. The van der Waals surface area contributed by atoms with Crippen molar-refractivity contribution < 1.29 is 0 Å². The fourth-order valence-corrected chi connectivity index (χ4v) is 4.83. The predicted molar refractivity (Wildman–Crippen MR) is 97.9 cm³/mol. The predicted octanol–water partition coefficient (Wildman–Crippen LogP) is 6.19. The van der Waals surface area contributed by atoms with Gasteiger partial charge in [0.1, 0.15) is 0 Å². The van der Waals surface area contributed by atoms with E-state index in [1.54, 1.807) is 0 Å². The molecular weight excluding hydrogens is 292 g/mol. The van der Waals surface area contributed by atoms with Crippen LogP contribution in [-0.4, -0.2) is 11.0 Å². The van der Waals surface area contributed by atoms with Crippen LogP contribution in [-0.2, 0) is 0 Å². The summed E-state index contributed by atoms with van der Waals surface area (Å²) in [6.07, 6.45) is 0. The zero-order valence-electron chi connectivity index (χ0n) is 13.6. The van der Waals surface area contributed by atoms with Gasteiger partial charge in [-0.1, -0.05) is 43.3 Å². The molecular formula is C19H24S2. The van der Waals surface area contributed by atoms with Gasteiger partial charge >= 0.3 is 0 Å². The third-order valence-electron chi connectivity index (χ3n) is 3.60. The monoisotopic (exact) mass is 316 g/mol. The van der Waals surface area contributed by atoms with Crippen molar-refractivity contribution in [3.05, 3.63) is 58.7 Å². The zero-order valence-corrected chi connectivity index (χ0v) is 15.2. The molecule has 0 N–H and O–H groups in total. The number of rotatable bonds is 5. The lowest BCUT2D eigenvalue weighted by molar-refractivity contribution is 1.10. The molecule has 1 atom stereocenters. The maximum Gasteiger partial charge on any atom is 0.0160 e. The van der Waals surface area contributed by atoms with Crippen molar-refractivity contribution in [2.75, 3.05) is 5.75 Å². The summed E-state index contributed by atoms with van der Waals surface area (Å²) in [6, 6.07) is 13.1. The van der Waals surface area contributed by atoms with Gasteiger partial charge in [0.2, 0.25) is 0 Å². The molecule has 112 valence electrons. The van der Waals surface area contributed by atoms with Crippen LogP contribution in [0.4, 0.5) is 0 Å². The molecule has 2 heteroatoms. The van der Waals surface area contributed by atoms with Crippen LogP contribution >= 0.6 is 23.5 Å². The Morgan fingerprint density at radius 2 is 1.19 bits per heavy atom. The molecule has 2 aromatic carbocycles. The molecule has 2 aromatic rings. The highest BCUT2D eigenvalue weighted by Crippen LogP contribution is 2.34. The van der Waals surface area contributed by atoms with Crippen molar-refractivity contribution in [1.29, 1.82) is 0 Å². The summed E-state index contributed by atoms with van der Waals surface area (Å²) in [5, 5.41) is 0.605. The molecule has 0 radical (unpaired) electrons. The number of benzene rings is 2. The van der Waals surface area contributed by atoms with Crippen molar-refractivity contribution in [2.45, 2.75) is 49.7 Å². The van der Waals surface area contributed by atoms with Gasteiger partial charge in [-0.2, -0.15) is 0 Å². The van der Waals surface area contributed by atoms with E-state index in [0.717, 1.165) is 5.75 Å². The Hall–Kier alpha value is -0.860. The van der Waals surface area contributed by atoms with Gasteiger partial charge in [0.25, 0.3) is 0 Å². The van der Waals surface area contributed by atoms with E-state index in [9.17, 15) is 0 Å². The van der Waals surface area contributed by atoms with E-state index >= 15 is 0 Å². The fourth-order valence-electron chi connectivity index (χ4n) is 2.45. The van der Waals surface area contributed by atoms with Crippen LogP contribution < -0.4 is 0 Å². The minimum absolute atomic E-state index is 0.605. The van der Waals surface area contributed by atoms with Crippen molar-refractivity contribution in [2.24, 2.45) is 0 Å². The van der Waals surface area contributed by atoms with E-state index in [-0.39, 0.29) is 0 Å². The summed E-state index contributed by atoms with van der Waals surface area (Å²) in [5.41, 5.74) is 5.57. The standard InChI is InChI=1S/C19H24S2/c1-13-8-6-9-14(2)18(13)20-12-17(5)21-19-15(3)10-7-11-16(19)4/h6-11,17H,12H2,1-5H3. The average molecular weight is 317 g/mol. The molecule has 0 saturated heterocycles. The summed E-state index contributed by atoms with van der Waals surface area (Å²) in [5.74, 6) is 1.14. The fraction of sp³-hybridized carbons (Fsp3) is 0.368. The molecule has 1 unspecified atom stereocenters. The molecule has 0 fully saturated rings. The molecule has 0 nitrogen and oxygen atoms in total. The first kappa shape index (κ1) is 16.5. The molecule has 0 bridgehead atoms. The molecule has 0 saturated carbocycles. The van der Waals surface area contributed by atoms with Gasteiger partial charge in [0, 0.05) is 20.8 Å². The highest BCUT2D eigenvalue weighted by atomic mass is 32.2. The SMILES string of the molecule is Cc1cccc(C)c1SCC(C)Sc1c(C)cccc1C. The Labute approximate surface area is 137 Å². The lowest BCUT2D eigenvalue weighted by atomic mass is 10.2. The van der Waals surface area contributed by atoms with Gasteiger partial charge in [0.15, 0.2) is 0 Å². The Kier molecular flexibility index (Phi) is 5.83. The largest absolute Gasteiger partial charge is 0.124 e. The second kappa shape index (κ2) is 7.42. The summed E-state index contributed by atoms with van der Waals surface area (Å²) in [6.45, 7) is 11.2. The van der Waals surface area contributed by atoms with E-state index in [2.05, 4.69) is 71.0 Å². The third kappa shape index (κ3) is 4.31. The number of hydrogen-bond acceptors (Lipinski definition) is 2. The minimum atomic E-state index is 0.605. The number of aryl methyl sites for hydroxylation is 4. The number of thioether (sulfide) groups is 2. The first-order valence-electron chi connectivity index (χ1n) is 7.41. The third-order valence-corrected chi connectivity index (χ3v) is 6.86. The van der Waals surface area contributed by atoms with E-state index in [1.807, 2.05) is 23.5 Å². The van der Waals surface area contributed by atoms with Gasteiger partial charge in [-0.15, -0.1) is 23.5 Å². The Bertz CT molecular complexity index is 576. The van der Waals surface area contributed by atoms with Crippen LogP contribution in [0.25, 0.3) is 0 Å². The summed E-state index contributed by atoms with van der Waals surface area (Å²) in [7, 11) is 0. The first-order chi connectivity index (χ1) is 9.99. The van der Waals surface area contributed by atoms with Crippen LogP contribution in [0.5, 0.6) is 0 Å². The Balaban J connectivity index is 2.01. The molecule has 2 rings (SSSR count). The van der Waals surface area contributed by atoms with Gasteiger partial charge in [0.05, 0.1) is 0 Å². The van der Waals surface area contributed by atoms with E-state index in [0.29, 0.717) is 5.25 Å². The highest BCUT2D eigenvalue weighted by molar-refractivity contribution is 8.03. The van der Waals surface area contributed by atoms with E-state index < -0.39 is 0 Å². The van der Waals surface area contributed by atoms with Gasteiger partial charge in [-0.25, -0.2) is 0 Å². The van der Waals surface area contributed by atoms with Crippen molar-refractivity contribution in [3.63, 3.8) is 0 Å². The van der Waals surface area contributed by atoms with Crippen molar-refractivity contribution in [1.82, 2.24) is 0 Å². The van der Waals surface area contributed by atoms with Crippen LogP contribution in [0.3, 0.4) is 0 Å². The van der Waals surface area contributed by atoms with Crippen LogP contribution in [0, 0.1) is 27.7 Å². The molecule has 21 heavy (non-hydrogen) atoms. The minimum Gasteiger partial charge on any atom is -0.124 e. The number of hydrogen-bond donors (Lipinski definition) is 0. The van der Waals surface area contributed by atoms with Crippen molar-refractivity contribution >= 4 is 23.5 Å². The average Bonchev–Trinajstić information content (AvgIpc) is 2.42. The normalized spacial score (nSPS) is 12.4. The quantitative estimate of drug-likeness (QED) is 0.603. The van der Waals surface area contributed by atoms with Gasteiger partial charge in [-0.3, -0.25) is 0 Å². The lowest BCUT2D eigenvalue weighted by Gasteiger charge is -2.16. The summed E-state index contributed by atoms with van der Waals surface area (Å²) < 4.78 is 0. The van der Waals surface area contributed by atoms with E-state index in [4.69, 9.17) is 0 Å². The van der Waals surface area contributed by atoms with Gasteiger partial charge < -0.3 is 0 Å². The van der Waals surface area contributed by atoms with Crippen LogP contribution in [0.1, 0.15) is 29.2 Å². The maximum absolute atomic E-state index is 2.33. The Morgan fingerprint density at radius 3 is 1.67 bits per heavy atom.